The minimum Gasteiger partial charge on any atom is -0.384 e. The lowest BCUT2D eigenvalue weighted by atomic mass is 9.88. The molecule has 0 amide bonds. The Balaban J connectivity index is 2.64. The Bertz CT molecular complexity index is 381. The van der Waals surface area contributed by atoms with Crippen molar-refractivity contribution in [3.63, 3.8) is 0 Å². The van der Waals surface area contributed by atoms with Gasteiger partial charge in [0.25, 0.3) is 0 Å². The molecule has 1 N–H and O–H groups in total. The Kier molecular flexibility index (Phi) is 8.20. The van der Waals surface area contributed by atoms with Crippen molar-refractivity contribution in [1.82, 2.24) is 5.32 Å². The summed E-state index contributed by atoms with van der Waals surface area (Å²) in [5.41, 5.74) is 1.23. The molecule has 1 aromatic carbocycles. The Hall–Kier alpha value is -0.570. The van der Waals surface area contributed by atoms with Crippen molar-refractivity contribution < 1.29 is 4.74 Å². The molecule has 0 fully saturated rings. The van der Waals surface area contributed by atoms with Gasteiger partial charge in [-0.1, -0.05) is 50.6 Å². The molecule has 1 rings (SSSR count). The maximum absolute atomic E-state index is 6.28. The molecule has 1 aromatic rings. The molecular weight excluding hydrogens is 270 g/mol. The maximum atomic E-state index is 6.28. The molecule has 114 valence electrons. The van der Waals surface area contributed by atoms with E-state index in [0.717, 1.165) is 31.1 Å². The van der Waals surface area contributed by atoms with E-state index in [1.165, 1.54) is 5.56 Å². The molecule has 0 radical (unpaired) electrons. The van der Waals surface area contributed by atoms with Crippen LogP contribution in [0.5, 0.6) is 0 Å². The third kappa shape index (κ3) is 6.25. The van der Waals surface area contributed by atoms with Crippen LogP contribution in [0.15, 0.2) is 24.3 Å². The zero-order valence-corrected chi connectivity index (χ0v) is 13.9. The van der Waals surface area contributed by atoms with Crippen LogP contribution >= 0.6 is 11.6 Å². The second kappa shape index (κ2) is 9.38. The van der Waals surface area contributed by atoms with Crippen LogP contribution in [0.2, 0.25) is 5.02 Å². The van der Waals surface area contributed by atoms with Gasteiger partial charge in [0.05, 0.1) is 0 Å². The second-order valence-corrected chi connectivity index (χ2v) is 6.45. The standard InChI is InChI=1S/C17H28ClNO/c1-13(2)10-19-11-16(14(3)12-20-4)9-15-7-5-6-8-17(15)18/h5-8,13-14,16,19H,9-12H2,1-4H3. The summed E-state index contributed by atoms with van der Waals surface area (Å²) in [6, 6.07) is 8.13. The SMILES string of the molecule is COCC(C)C(CNCC(C)C)Cc1ccccc1Cl. The minimum absolute atomic E-state index is 0.510. The Morgan fingerprint density at radius 2 is 1.85 bits per heavy atom. The average molecular weight is 298 g/mol. The van der Waals surface area contributed by atoms with Gasteiger partial charge in [0.15, 0.2) is 0 Å². The van der Waals surface area contributed by atoms with Gasteiger partial charge in [0.1, 0.15) is 0 Å². The van der Waals surface area contributed by atoms with Crippen molar-refractivity contribution in [2.75, 3.05) is 26.8 Å². The maximum Gasteiger partial charge on any atom is 0.0491 e. The molecule has 0 aromatic heterocycles. The van der Waals surface area contributed by atoms with Crippen LogP contribution in [0.4, 0.5) is 0 Å². The average Bonchev–Trinajstić information content (AvgIpc) is 2.39. The Labute approximate surface area is 128 Å². The lowest BCUT2D eigenvalue weighted by Gasteiger charge is -2.25. The summed E-state index contributed by atoms with van der Waals surface area (Å²) in [7, 11) is 1.77. The van der Waals surface area contributed by atoms with E-state index >= 15 is 0 Å². The highest BCUT2D eigenvalue weighted by Crippen LogP contribution is 2.23. The topological polar surface area (TPSA) is 21.3 Å². The van der Waals surface area contributed by atoms with Crippen LogP contribution in [0, 0.1) is 17.8 Å². The third-order valence-corrected chi connectivity index (χ3v) is 4.00. The first-order chi connectivity index (χ1) is 9.54. The van der Waals surface area contributed by atoms with Gasteiger partial charge >= 0.3 is 0 Å². The first-order valence-electron chi connectivity index (χ1n) is 7.47. The molecule has 0 saturated carbocycles. The van der Waals surface area contributed by atoms with Crippen molar-refractivity contribution in [3.8, 4) is 0 Å². The van der Waals surface area contributed by atoms with E-state index in [1.807, 2.05) is 12.1 Å². The molecule has 0 heterocycles. The fourth-order valence-corrected chi connectivity index (χ4v) is 2.59. The van der Waals surface area contributed by atoms with E-state index in [2.05, 4.69) is 38.2 Å². The molecule has 3 heteroatoms. The van der Waals surface area contributed by atoms with Crippen LogP contribution in [0.3, 0.4) is 0 Å². The first kappa shape index (κ1) is 17.5. The number of ether oxygens (including phenoxy) is 1. The molecule has 0 aliphatic heterocycles. The Morgan fingerprint density at radius 3 is 2.45 bits per heavy atom. The zero-order valence-electron chi connectivity index (χ0n) is 13.2. The summed E-state index contributed by atoms with van der Waals surface area (Å²) in [6.07, 6.45) is 0.995. The molecule has 2 nitrogen and oxygen atoms in total. The van der Waals surface area contributed by atoms with Gasteiger partial charge in [-0.25, -0.2) is 0 Å². The number of methoxy groups -OCH3 is 1. The molecule has 20 heavy (non-hydrogen) atoms. The molecule has 0 saturated heterocycles. The number of hydrogen-bond acceptors (Lipinski definition) is 2. The smallest absolute Gasteiger partial charge is 0.0491 e. The van der Waals surface area contributed by atoms with Crippen LogP contribution < -0.4 is 5.32 Å². The van der Waals surface area contributed by atoms with E-state index in [9.17, 15) is 0 Å². The van der Waals surface area contributed by atoms with Crippen LogP contribution in [0.1, 0.15) is 26.3 Å². The van der Waals surface area contributed by atoms with E-state index in [0.29, 0.717) is 17.8 Å². The van der Waals surface area contributed by atoms with Gasteiger partial charge in [0, 0.05) is 18.7 Å². The lowest BCUT2D eigenvalue weighted by Crippen LogP contribution is -2.32. The van der Waals surface area contributed by atoms with Crippen molar-refractivity contribution >= 4 is 11.6 Å². The lowest BCUT2D eigenvalue weighted by molar-refractivity contribution is 0.128. The predicted molar refractivity (Wildman–Crippen MR) is 87.4 cm³/mol. The first-order valence-corrected chi connectivity index (χ1v) is 7.85. The van der Waals surface area contributed by atoms with E-state index < -0.39 is 0 Å². The fraction of sp³-hybridized carbons (Fsp3) is 0.647. The van der Waals surface area contributed by atoms with E-state index in [4.69, 9.17) is 16.3 Å². The summed E-state index contributed by atoms with van der Waals surface area (Å²) in [5.74, 6) is 1.72. The predicted octanol–water partition coefficient (Wildman–Crippen LogP) is 4.03. The summed E-state index contributed by atoms with van der Waals surface area (Å²) in [5, 5.41) is 4.43. The highest BCUT2D eigenvalue weighted by Gasteiger charge is 2.18. The van der Waals surface area contributed by atoms with Gasteiger partial charge in [0.2, 0.25) is 0 Å². The largest absolute Gasteiger partial charge is 0.384 e. The number of nitrogens with one attached hydrogen (secondary N) is 1. The summed E-state index contributed by atoms with van der Waals surface area (Å²) >= 11 is 6.28. The van der Waals surface area contributed by atoms with Crippen molar-refractivity contribution in [2.24, 2.45) is 17.8 Å². The fourth-order valence-electron chi connectivity index (χ4n) is 2.38. The van der Waals surface area contributed by atoms with Crippen LogP contribution in [-0.4, -0.2) is 26.8 Å². The normalized spacial score (nSPS) is 14.5. The molecule has 0 bridgehead atoms. The van der Waals surface area contributed by atoms with Crippen LogP contribution in [-0.2, 0) is 11.2 Å². The molecule has 0 aliphatic rings. The molecule has 0 aliphatic carbocycles. The van der Waals surface area contributed by atoms with Crippen LogP contribution in [0.25, 0.3) is 0 Å². The summed E-state index contributed by atoms with van der Waals surface area (Å²) in [6.45, 7) is 9.57. The van der Waals surface area contributed by atoms with Gasteiger partial charge < -0.3 is 10.1 Å². The molecular formula is C17H28ClNO. The van der Waals surface area contributed by atoms with Gasteiger partial charge in [-0.05, 0) is 48.9 Å². The molecule has 0 spiro atoms. The summed E-state index contributed by atoms with van der Waals surface area (Å²) < 4.78 is 5.32. The minimum atomic E-state index is 0.510. The van der Waals surface area contributed by atoms with Gasteiger partial charge in [-0.3, -0.25) is 0 Å². The van der Waals surface area contributed by atoms with Crippen molar-refractivity contribution in [1.29, 1.82) is 0 Å². The Morgan fingerprint density at radius 1 is 1.15 bits per heavy atom. The van der Waals surface area contributed by atoms with Gasteiger partial charge in [-0.15, -0.1) is 0 Å². The zero-order chi connectivity index (χ0) is 15.0. The third-order valence-electron chi connectivity index (χ3n) is 3.63. The number of rotatable bonds is 9. The highest BCUT2D eigenvalue weighted by atomic mass is 35.5. The van der Waals surface area contributed by atoms with Gasteiger partial charge in [-0.2, -0.15) is 0 Å². The summed E-state index contributed by atoms with van der Waals surface area (Å²) in [4.78, 5) is 0. The van der Waals surface area contributed by atoms with E-state index in [-0.39, 0.29) is 0 Å². The molecule has 2 atom stereocenters. The number of halogens is 1. The van der Waals surface area contributed by atoms with E-state index in [1.54, 1.807) is 7.11 Å². The number of hydrogen-bond donors (Lipinski definition) is 1. The monoisotopic (exact) mass is 297 g/mol. The number of benzene rings is 1. The highest BCUT2D eigenvalue weighted by molar-refractivity contribution is 6.31. The quantitative estimate of drug-likeness (QED) is 0.743. The second-order valence-electron chi connectivity index (χ2n) is 6.04. The van der Waals surface area contributed by atoms with Crippen molar-refractivity contribution in [3.05, 3.63) is 34.9 Å². The van der Waals surface area contributed by atoms with Crippen molar-refractivity contribution in [2.45, 2.75) is 27.2 Å². The molecule has 2 unspecified atom stereocenters.